The fourth-order valence-corrected chi connectivity index (χ4v) is 4.50. The smallest absolute Gasteiger partial charge is 0.407 e. The van der Waals surface area contributed by atoms with Gasteiger partial charge in [-0.25, -0.2) is 9.59 Å². The lowest BCUT2D eigenvalue weighted by molar-refractivity contribution is -0.131. The fourth-order valence-electron chi connectivity index (χ4n) is 4.50. The van der Waals surface area contributed by atoms with Crippen LogP contribution in [0.3, 0.4) is 0 Å². The predicted octanol–water partition coefficient (Wildman–Crippen LogP) is 5.20. The second-order valence-corrected chi connectivity index (χ2v) is 11.0. The molecule has 0 aliphatic rings. The third kappa shape index (κ3) is 7.94. The topological polar surface area (TPSA) is 114 Å². The highest BCUT2D eigenvalue weighted by molar-refractivity contribution is 5.85. The Balaban J connectivity index is 1.57. The molecule has 0 spiro atoms. The van der Waals surface area contributed by atoms with Crippen molar-refractivity contribution in [3.05, 3.63) is 105 Å². The number of carbonyl (C=O) groups excluding carboxylic acids is 2. The molecule has 214 valence electrons. The molecule has 0 saturated carbocycles. The summed E-state index contributed by atoms with van der Waals surface area (Å²) in [5.74, 6) is -0.165. The molecule has 0 radical (unpaired) electrons. The summed E-state index contributed by atoms with van der Waals surface area (Å²) in [6, 6.07) is 22.1. The molecule has 1 atom stereocenters. The van der Waals surface area contributed by atoms with Crippen LogP contribution in [0.2, 0.25) is 0 Å². The zero-order valence-electron chi connectivity index (χ0n) is 24.1. The van der Waals surface area contributed by atoms with Crippen LogP contribution in [0, 0.1) is 6.92 Å². The third-order valence-corrected chi connectivity index (χ3v) is 6.51. The summed E-state index contributed by atoms with van der Waals surface area (Å²) in [6.45, 7) is 7.75. The van der Waals surface area contributed by atoms with E-state index < -0.39 is 23.4 Å². The van der Waals surface area contributed by atoms with Crippen LogP contribution in [0.1, 0.15) is 43.0 Å². The molecule has 0 aliphatic heterocycles. The summed E-state index contributed by atoms with van der Waals surface area (Å²) in [5.41, 5.74) is 2.55. The molecule has 3 aromatic carbocycles. The number of carbonyl (C=O) groups is 2. The summed E-state index contributed by atoms with van der Waals surface area (Å²) in [7, 11) is 1.75. The summed E-state index contributed by atoms with van der Waals surface area (Å²) in [4.78, 5) is 45.0. The van der Waals surface area contributed by atoms with Gasteiger partial charge in [0, 0.05) is 26.6 Å². The van der Waals surface area contributed by atoms with Crippen LogP contribution in [0.15, 0.2) is 82.0 Å². The molecule has 9 nitrogen and oxygen atoms in total. The zero-order chi connectivity index (χ0) is 29.6. The van der Waals surface area contributed by atoms with E-state index in [4.69, 9.17) is 9.15 Å². The van der Waals surface area contributed by atoms with E-state index in [1.54, 1.807) is 51.8 Å². The molecule has 1 aromatic heterocycles. The van der Waals surface area contributed by atoms with Gasteiger partial charge in [-0.2, -0.15) is 4.98 Å². The molecular formula is C32H36N4O5. The molecular weight excluding hydrogens is 520 g/mol. The Hall–Kier alpha value is -4.66. The summed E-state index contributed by atoms with van der Waals surface area (Å²) in [5, 5.41) is 6.10. The number of ether oxygens (including phenoxy) is 1. The Kier molecular flexibility index (Phi) is 9.07. The number of amides is 2. The Morgan fingerprint density at radius 1 is 0.976 bits per heavy atom. The Morgan fingerprint density at radius 2 is 1.61 bits per heavy atom. The van der Waals surface area contributed by atoms with Gasteiger partial charge in [-0.15, -0.1) is 0 Å². The van der Waals surface area contributed by atoms with Crippen LogP contribution in [0.25, 0.3) is 10.9 Å². The molecule has 41 heavy (non-hydrogen) atoms. The van der Waals surface area contributed by atoms with E-state index in [0.717, 1.165) is 16.7 Å². The van der Waals surface area contributed by atoms with Crippen molar-refractivity contribution in [1.29, 1.82) is 0 Å². The number of nitrogens with zero attached hydrogens (tertiary/aromatic N) is 2. The largest absolute Gasteiger partial charge is 0.444 e. The number of anilines is 1. The van der Waals surface area contributed by atoms with Crippen molar-refractivity contribution in [3.63, 3.8) is 0 Å². The van der Waals surface area contributed by atoms with Crippen molar-refractivity contribution in [2.75, 3.05) is 12.4 Å². The minimum absolute atomic E-state index is 0.0380. The van der Waals surface area contributed by atoms with E-state index in [0.29, 0.717) is 29.4 Å². The second-order valence-electron chi connectivity index (χ2n) is 11.0. The normalized spacial score (nSPS) is 12.0. The van der Waals surface area contributed by atoms with Gasteiger partial charge in [0.05, 0.1) is 10.9 Å². The van der Waals surface area contributed by atoms with Gasteiger partial charge in [0.15, 0.2) is 0 Å². The lowest BCUT2D eigenvalue weighted by Gasteiger charge is -2.25. The number of hydrogen-bond donors (Lipinski definition) is 2. The van der Waals surface area contributed by atoms with Crippen LogP contribution in [-0.2, 0) is 29.0 Å². The minimum atomic E-state index is -0.724. The second kappa shape index (κ2) is 12.7. The molecule has 9 heteroatoms. The maximum atomic E-state index is 13.6. The van der Waals surface area contributed by atoms with Crippen molar-refractivity contribution in [2.24, 2.45) is 0 Å². The van der Waals surface area contributed by atoms with Crippen LogP contribution < -0.4 is 16.3 Å². The molecule has 4 rings (SSSR count). The minimum Gasteiger partial charge on any atom is -0.444 e. The lowest BCUT2D eigenvalue weighted by Crippen LogP contribution is -2.42. The molecule has 2 N–H and O–H groups in total. The fraction of sp³-hybridized carbons (Fsp3) is 0.312. The molecule has 0 saturated heterocycles. The van der Waals surface area contributed by atoms with Gasteiger partial charge in [0.1, 0.15) is 11.6 Å². The predicted molar refractivity (Wildman–Crippen MR) is 159 cm³/mol. The molecule has 0 unspecified atom stereocenters. The van der Waals surface area contributed by atoms with Crippen LogP contribution >= 0.6 is 0 Å². The first-order valence-electron chi connectivity index (χ1n) is 13.5. The summed E-state index contributed by atoms with van der Waals surface area (Å²) < 4.78 is 10.9. The Morgan fingerprint density at radius 3 is 2.24 bits per heavy atom. The van der Waals surface area contributed by atoms with E-state index in [1.165, 1.54) is 0 Å². The van der Waals surface area contributed by atoms with Gasteiger partial charge in [0.25, 0.3) is 6.01 Å². The first-order chi connectivity index (χ1) is 19.5. The van der Waals surface area contributed by atoms with E-state index in [2.05, 4.69) is 15.6 Å². The number of benzene rings is 3. The van der Waals surface area contributed by atoms with Gasteiger partial charge in [-0.1, -0.05) is 66.7 Å². The molecule has 2 amide bonds. The van der Waals surface area contributed by atoms with Gasteiger partial charge in [0.2, 0.25) is 5.91 Å². The maximum absolute atomic E-state index is 13.6. The highest BCUT2D eigenvalue weighted by atomic mass is 16.6. The highest BCUT2D eigenvalue weighted by Crippen LogP contribution is 2.21. The van der Waals surface area contributed by atoms with Gasteiger partial charge >= 0.3 is 11.7 Å². The Labute approximate surface area is 239 Å². The molecule has 0 aliphatic carbocycles. The highest BCUT2D eigenvalue weighted by Gasteiger charge is 2.25. The number of alkyl carbamates (subject to hydrolysis) is 1. The van der Waals surface area contributed by atoms with Gasteiger partial charge in [-0.3, -0.25) is 4.79 Å². The van der Waals surface area contributed by atoms with E-state index in [9.17, 15) is 14.4 Å². The molecule has 4 aromatic rings. The Bertz CT molecular complexity index is 1560. The average molecular weight is 557 g/mol. The first kappa shape index (κ1) is 29.3. The molecule has 0 bridgehead atoms. The monoisotopic (exact) mass is 556 g/mol. The standard InChI is InChI=1S/C32H36N4O5/c1-21-24(19-33-31(39)41-32(2,3)4)16-17-25-27(21)29(38)40-30(34-25)35-26(18-22-12-8-6-9-13-22)28(37)36(5)20-23-14-10-7-11-15-23/h6-17,26H,18-20H2,1-5H3,(H,33,39)(H,34,35)/t26-/m0/s1. The quantitative estimate of drug-likeness (QED) is 0.291. The first-order valence-corrected chi connectivity index (χ1v) is 13.5. The number of likely N-dealkylation sites (N-methyl/N-ethyl adjacent to an activating group) is 1. The number of aromatic nitrogens is 1. The van der Waals surface area contributed by atoms with Crippen LogP contribution in [0.5, 0.6) is 0 Å². The van der Waals surface area contributed by atoms with Crippen molar-refractivity contribution < 1.29 is 18.7 Å². The lowest BCUT2D eigenvalue weighted by atomic mass is 10.0. The van der Waals surface area contributed by atoms with Crippen molar-refractivity contribution in [1.82, 2.24) is 15.2 Å². The van der Waals surface area contributed by atoms with E-state index in [-0.39, 0.29) is 18.5 Å². The molecule has 0 fully saturated rings. The third-order valence-electron chi connectivity index (χ3n) is 6.51. The number of aryl methyl sites for hydroxylation is 1. The van der Waals surface area contributed by atoms with Crippen molar-refractivity contribution in [3.8, 4) is 0 Å². The SMILES string of the molecule is Cc1c(CNC(=O)OC(C)(C)C)ccc2nc(N[C@@H](Cc3ccccc3)C(=O)N(C)Cc3ccccc3)oc(=O)c12. The van der Waals surface area contributed by atoms with Gasteiger partial charge in [-0.05, 0) is 56.0 Å². The maximum Gasteiger partial charge on any atom is 0.407 e. The number of hydrogen-bond acceptors (Lipinski definition) is 7. The van der Waals surface area contributed by atoms with E-state index in [1.807, 2.05) is 60.7 Å². The van der Waals surface area contributed by atoms with Gasteiger partial charge < -0.3 is 24.7 Å². The summed E-state index contributed by atoms with van der Waals surface area (Å²) in [6.07, 6.45) is -0.177. The van der Waals surface area contributed by atoms with Crippen molar-refractivity contribution >= 4 is 28.9 Å². The summed E-state index contributed by atoms with van der Waals surface area (Å²) >= 11 is 0. The zero-order valence-corrected chi connectivity index (χ0v) is 24.1. The number of fused-ring (bicyclic) bond motifs is 1. The molecule has 1 heterocycles. The number of rotatable bonds is 9. The average Bonchev–Trinajstić information content (AvgIpc) is 2.92. The van der Waals surface area contributed by atoms with Crippen molar-refractivity contribution in [2.45, 2.75) is 58.8 Å². The van der Waals surface area contributed by atoms with E-state index >= 15 is 0 Å². The van der Waals surface area contributed by atoms with Crippen LogP contribution in [-0.4, -0.2) is 40.6 Å². The number of nitrogens with one attached hydrogen (secondary N) is 2. The van der Waals surface area contributed by atoms with Crippen LogP contribution in [0.4, 0.5) is 10.8 Å².